The molecule has 0 radical (unpaired) electrons. The molecule has 14 heavy (non-hydrogen) atoms. The maximum atomic E-state index is 5.80. The van der Waals surface area contributed by atoms with Crippen LogP contribution in [0.2, 0.25) is 5.02 Å². The Morgan fingerprint density at radius 2 is 2.14 bits per heavy atom. The van der Waals surface area contributed by atoms with Gasteiger partial charge in [0.05, 0.1) is 17.4 Å². The van der Waals surface area contributed by atoms with Gasteiger partial charge in [0.15, 0.2) is 0 Å². The highest BCUT2D eigenvalue weighted by molar-refractivity contribution is 6.30. The maximum absolute atomic E-state index is 5.80. The van der Waals surface area contributed by atoms with Gasteiger partial charge in [-0.05, 0) is 12.3 Å². The van der Waals surface area contributed by atoms with Crippen molar-refractivity contribution in [2.45, 2.75) is 6.42 Å². The lowest BCUT2D eigenvalue weighted by Gasteiger charge is -2.15. The van der Waals surface area contributed by atoms with Crippen molar-refractivity contribution in [2.75, 3.05) is 23.9 Å². The molecule has 1 aliphatic rings. The number of halogens is 2. The van der Waals surface area contributed by atoms with Crippen molar-refractivity contribution in [1.29, 1.82) is 0 Å². The van der Waals surface area contributed by atoms with Crippen LogP contribution in [0.4, 0.5) is 5.95 Å². The second kappa shape index (κ2) is 4.32. The second-order valence-corrected chi connectivity index (χ2v) is 4.20. The lowest BCUT2D eigenvalue weighted by Crippen LogP contribution is -2.22. The number of hydrogen-bond donors (Lipinski definition) is 0. The molecule has 1 fully saturated rings. The molecule has 0 N–H and O–H groups in total. The molecule has 1 unspecified atom stereocenters. The zero-order valence-corrected chi connectivity index (χ0v) is 9.17. The molecule has 1 aromatic rings. The normalized spacial score (nSPS) is 21.6. The van der Waals surface area contributed by atoms with Crippen LogP contribution in [0.3, 0.4) is 0 Å². The van der Waals surface area contributed by atoms with Crippen molar-refractivity contribution < 1.29 is 0 Å². The average Bonchev–Trinajstić information content (AvgIpc) is 2.67. The molecule has 3 nitrogen and oxygen atoms in total. The van der Waals surface area contributed by atoms with E-state index in [1.807, 2.05) is 0 Å². The summed E-state index contributed by atoms with van der Waals surface area (Å²) in [6.07, 6.45) is 4.37. The number of rotatable bonds is 2. The van der Waals surface area contributed by atoms with Crippen LogP contribution in [0.25, 0.3) is 0 Å². The van der Waals surface area contributed by atoms with E-state index >= 15 is 0 Å². The van der Waals surface area contributed by atoms with Gasteiger partial charge >= 0.3 is 0 Å². The van der Waals surface area contributed by atoms with Crippen LogP contribution in [-0.4, -0.2) is 28.9 Å². The Morgan fingerprint density at radius 3 is 2.71 bits per heavy atom. The molecule has 0 spiro atoms. The number of hydrogen-bond acceptors (Lipinski definition) is 3. The Kier molecular flexibility index (Phi) is 3.08. The predicted octanol–water partition coefficient (Wildman–Crippen LogP) is 2.20. The van der Waals surface area contributed by atoms with E-state index in [0.717, 1.165) is 25.5 Å². The quantitative estimate of drug-likeness (QED) is 0.732. The molecule has 0 bridgehead atoms. The molecule has 0 aromatic carbocycles. The van der Waals surface area contributed by atoms with Crippen molar-refractivity contribution in [3.05, 3.63) is 17.4 Å². The Bertz CT molecular complexity index is 301. The van der Waals surface area contributed by atoms with E-state index in [1.54, 1.807) is 12.4 Å². The molecule has 2 rings (SSSR count). The minimum atomic E-state index is 0.566. The summed E-state index contributed by atoms with van der Waals surface area (Å²) in [4.78, 5) is 10.5. The van der Waals surface area contributed by atoms with Gasteiger partial charge in [0, 0.05) is 19.0 Å². The first kappa shape index (κ1) is 9.99. The summed E-state index contributed by atoms with van der Waals surface area (Å²) in [7, 11) is 0. The number of alkyl halides is 1. The molecule has 0 aliphatic carbocycles. The number of anilines is 1. The SMILES string of the molecule is ClCC1CCN(c2ncc(Cl)cn2)C1. The summed E-state index contributed by atoms with van der Waals surface area (Å²) in [6, 6.07) is 0. The number of nitrogens with zero attached hydrogens (tertiary/aromatic N) is 3. The molecular weight excluding hydrogens is 221 g/mol. The lowest BCUT2D eigenvalue weighted by molar-refractivity contribution is 0.665. The van der Waals surface area contributed by atoms with Gasteiger partial charge in [0.25, 0.3) is 0 Å². The van der Waals surface area contributed by atoms with Crippen LogP contribution in [0.5, 0.6) is 0 Å². The van der Waals surface area contributed by atoms with E-state index in [0.29, 0.717) is 16.8 Å². The summed E-state index contributed by atoms with van der Waals surface area (Å²) in [6.45, 7) is 1.93. The van der Waals surface area contributed by atoms with Crippen molar-refractivity contribution in [3.63, 3.8) is 0 Å². The Hall–Kier alpha value is -0.540. The first-order valence-electron chi connectivity index (χ1n) is 4.58. The minimum absolute atomic E-state index is 0.566. The lowest BCUT2D eigenvalue weighted by atomic mass is 10.2. The van der Waals surface area contributed by atoms with Gasteiger partial charge in [0.1, 0.15) is 0 Å². The summed E-state index contributed by atoms with van der Waals surface area (Å²) < 4.78 is 0. The maximum Gasteiger partial charge on any atom is 0.225 e. The van der Waals surface area contributed by atoms with Crippen LogP contribution in [0.15, 0.2) is 12.4 Å². The highest BCUT2D eigenvalue weighted by Gasteiger charge is 2.23. The largest absolute Gasteiger partial charge is 0.340 e. The first-order chi connectivity index (χ1) is 6.79. The summed E-state index contributed by atoms with van der Waals surface area (Å²) >= 11 is 11.5. The van der Waals surface area contributed by atoms with Crippen LogP contribution in [-0.2, 0) is 0 Å². The third kappa shape index (κ3) is 2.10. The summed E-state index contributed by atoms with van der Waals surface area (Å²) in [5, 5.41) is 0.571. The molecule has 1 atom stereocenters. The standard InChI is InChI=1S/C9H11Cl2N3/c10-3-7-1-2-14(6-7)9-12-4-8(11)5-13-9/h4-5,7H,1-3,6H2. The molecule has 5 heteroatoms. The van der Waals surface area contributed by atoms with Gasteiger partial charge in [-0.2, -0.15) is 0 Å². The van der Waals surface area contributed by atoms with E-state index < -0.39 is 0 Å². The monoisotopic (exact) mass is 231 g/mol. The smallest absolute Gasteiger partial charge is 0.225 e. The van der Waals surface area contributed by atoms with Gasteiger partial charge in [-0.3, -0.25) is 0 Å². The van der Waals surface area contributed by atoms with Gasteiger partial charge in [0.2, 0.25) is 5.95 Å². The Balaban J connectivity index is 2.06. The average molecular weight is 232 g/mol. The van der Waals surface area contributed by atoms with Crippen LogP contribution >= 0.6 is 23.2 Å². The zero-order chi connectivity index (χ0) is 9.97. The van der Waals surface area contributed by atoms with Crippen molar-refractivity contribution in [3.8, 4) is 0 Å². The van der Waals surface area contributed by atoms with Crippen LogP contribution in [0.1, 0.15) is 6.42 Å². The fourth-order valence-corrected chi connectivity index (χ4v) is 1.96. The third-order valence-electron chi connectivity index (χ3n) is 2.39. The van der Waals surface area contributed by atoms with Crippen molar-refractivity contribution in [1.82, 2.24) is 9.97 Å². The van der Waals surface area contributed by atoms with E-state index in [-0.39, 0.29) is 0 Å². The highest BCUT2D eigenvalue weighted by Crippen LogP contribution is 2.21. The molecular formula is C9H11Cl2N3. The number of aromatic nitrogens is 2. The Labute approximate surface area is 93.1 Å². The third-order valence-corrected chi connectivity index (χ3v) is 3.03. The zero-order valence-electron chi connectivity index (χ0n) is 7.66. The molecule has 1 aliphatic heterocycles. The van der Waals surface area contributed by atoms with Gasteiger partial charge in [-0.1, -0.05) is 11.6 Å². The van der Waals surface area contributed by atoms with Crippen LogP contribution in [0, 0.1) is 5.92 Å². The molecule has 0 amide bonds. The van der Waals surface area contributed by atoms with E-state index in [1.165, 1.54) is 0 Å². The molecule has 1 saturated heterocycles. The molecule has 2 heterocycles. The first-order valence-corrected chi connectivity index (χ1v) is 5.49. The van der Waals surface area contributed by atoms with Gasteiger partial charge in [-0.15, -0.1) is 11.6 Å². The van der Waals surface area contributed by atoms with E-state index in [9.17, 15) is 0 Å². The molecule has 1 aromatic heterocycles. The van der Waals surface area contributed by atoms with Gasteiger partial charge < -0.3 is 4.90 Å². The van der Waals surface area contributed by atoms with Crippen molar-refractivity contribution in [2.24, 2.45) is 5.92 Å². The fraction of sp³-hybridized carbons (Fsp3) is 0.556. The van der Waals surface area contributed by atoms with E-state index in [4.69, 9.17) is 23.2 Å². The fourth-order valence-electron chi connectivity index (χ4n) is 1.61. The topological polar surface area (TPSA) is 29.0 Å². The Morgan fingerprint density at radius 1 is 1.43 bits per heavy atom. The molecule has 0 saturated carbocycles. The van der Waals surface area contributed by atoms with Crippen LogP contribution < -0.4 is 4.90 Å². The van der Waals surface area contributed by atoms with Gasteiger partial charge in [-0.25, -0.2) is 9.97 Å². The summed E-state index contributed by atoms with van der Waals surface area (Å²) in [5.74, 6) is 2.03. The minimum Gasteiger partial charge on any atom is -0.340 e. The van der Waals surface area contributed by atoms with Crippen molar-refractivity contribution >= 4 is 29.2 Å². The second-order valence-electron chi connectivity index (χ2n) is 3.46. The molecule has 76 valence electrons. The highest BCUT2D eigenvalue weighted by atomic mass is 35.5. The summed E-state index contributed by atoms with van der Waals surface area (Å²) in [5.41, 5.74) is 0. The van der Waals surface area contributed by atoms with E-state index in [2.05, 4.69) is 14.9 Å². The predicted molar refractivity (Wildman–Crippen MR) is 58.1 cm³/mol.